The molecule has 0 aliphatic carbocycles. The zero-order valence-corrected chi connectivity index (χ0v) is 15.4. The number of hydrogen-bond donors (Lipinski definition) is 0. The van der Waals surface area contributed by atoms with Gasteiger partial charge in [-0.1, -0.05) is 18.2 Å². The van der Waals surface area contributed by atoms with E-state index in [1.54, 1.807) is 19.5 Å². The molecule has 0 bridgehead atoms. The summed E-state index contributed by atoms with van der Waals surface area (Å²) in [5.74, 6) is 0.754. The third-order valence-corrected chi connectivity index (χ3v) is 4.75. The molecule has 0 fully saturated rings. The van der Waals surface area contributed by atoms with E-state index in [1.165, 1.54) is 5.39 Å². The number of ketones is 1. The highest BCUT2D eigenvalue weighted by atomic mass is 16.5. The number of ether oxygens (including phenoxy) is 1. The Morgan fingerprint density at radius 1 is 1.15 bits per heavy atom. The maximum absolute atomic E-state index is 12.7. The van der Waals surface area contributed by atoms with Crippen LogP contribution in [0.4, 0.5) is 0 Å². The summed E-state index contributed by atoms with van der Waals surface area (Å²) in [6.45, 7) is 2.59. The molecular formula is C22H21N3O2. The van der Waals surface area contributed by atoms with Gasteiger partial charge in [-0.25, -0.2) is 4.98 Å². The molecule has 0 amide bonds. The van der Waals surface area contributed by atoms with Crippen LogP contribution in [0.1, 0.15) is 22.5 Å². The van der Waals surface area contributed by atoms with Gasteiger partial charge < -0.3 is 13.9 Å². The molecule has 4 aromatic rings. The fourth-order valence-corrected chi connectivity index (χ4v) is 3.32. The van der Waals surface area contributed by atoms with E-state index in [4.69, 9.17) is 4.74 Å². The first-order valence-corrected chi connectivity index (χ1v) is 8.92. The molecule has 0 spiro atoms. The SMILES string of the molecule is COc1cc(C(=O)CCn2ccc3ccccc32)ccc1-n1cnc(C)c1. The monoisotopic (exact) mass is 359 g/mol. The molecule has 0 saturated heterocycles. The second kappa shape index (κ2) is 7.11. The Morgan fingerprint density at radius 2 is 2.00 bits per heavy atom. The molecule has 136 valence electrons. The number of imidazole rings is 1. The average Bonchev–Trinajstić information content (AvgIpc) is 3.31. The Kier molecular flexibility index (Phi) is 4.50. The van der Waals surface area contributed by atoms with Gasteiger partial charge in [-0.2, -0.15) is 0 Å². The highest BCUT2D eigenvalue weighted by molar-refractivity contribution is 5.96. The third-order valence-electron chi connectivity index (χ3n) is 4.75. The van der Waals surface area contributed by atoms with E-state index in [-0.39, 0.29) is 5.78 Å². The van der Waals surface area contributed by atoms with Crippen molar-refractivity contribution in [1.82, 2.24) is 14.1 Å². The Hall–Kier alpha value is -3.34. The van der Waals surface area contributed by atoms with Crippen LogP contribution in [-0.4, -0.2) is 27.0 Å². The fourth-order valence-electron chi connectivity index (χ4n) is 3.32. The highest BCUT2D eigenvalue weighted by Crippen LogP contribution is 2.25. The van der Waals surface area contributed by atoms with Crippen LogP contribution >= 0.6 is 0 Å². The van der Waals surface area contributed by atoms with Crippen molar-refractivity contribution < 1.29 is 9.53 Å². The van der Waals surface area contributed by atoms with Crippen molar-refractivity contribution in [2.75, 3.05) is 7.11 Å². The Labute approximate surface area is 157 Å². The standard InChI is InChI=1S/C22H21N3O2/c1-16-14-25(15-23-16)20-8-7-18(13-22(20)27-2)21(26)10-12-24-11-9-17-5-3-4-6-19(17)24/h3-9,11,13-15H,10,12H2,1-2H3. The first-order chi connectivity index (χ1) is 13.2. The number of aromatic nitrogens is 3. The number of para-hydroxylation sites is 1. The van der Waals surface area contributed by atoms with Gasteiger partial charge in [0.25, 0.3) is 0 Å². The minimum atomic E-state index is 0.0967. The van der Waals surface area contributed by atoms with Gasteiger partial charge in [-0.3, -0.25) is 4.79 Å². The fraction of sp³-hybridized carbons (Fsp3) is 0.182. The lowest BCUT2D eigenvalue weighted by Gasteiger charge is -2.11. The van der Waals surface area contributed by atoms with Gasteiger partial charge in [0.1, 0.15) is 5.75 Å². The van der Waals surface area contributed by atoms with Gasteiger partial charge in [0.15, 0.2) is 5.78 Å². The molecule has 0 aliphatic heterocycles. The Morgan fingerprint density at radius 3 is 2.78 bits per heavy atom. The van der Waals surface area contributed by atoms with Crippen LogP contribution in [0.3, 0.4) is 0 Å². The van der Waals surface area contributed by atoms with Crippen molar-refractivity contribution in [3.05, 3.63) is 78.5 Å². The van der Waals surface area contributed by atoms with Crippen molar-refractivity contribution in [1.29, 1.82) is 0 Å². The molecule has 0 atom stereocenters. The molecular weight excluding hydrogens is 338 g/mol. The Balaban J connectivity index is 1.53. The second-order valence-corrected chi connectivity index (χ2v) is 6.55. The molecule has 2 heterocycles. The lowest BCUT2D eigenvalue weighted by Crippen LogP contribution is -2.06. The minimum absolute atomic E-state index is 0.0967. The van der Waals surface area contributed by atoms with Gasteiger partial charge in [0.05, 0.1) is 24.8 Å². The normalized spacial score (nSPS) is 11.0. The van der Waals surface area contributed by atoms with Crippen LogP contribution < -0.4 is 4.74 Å². The summed E-state index contributed by atoms with van der Waals surface area (Å²) in [6.07, 6.45) is 6.14. The molecule has 5 nitrogen and oxygen atoms in total. The number of methoxy groups -OCH3 is 1. The highest BCUT2D eigenvalue weighted by Gasteiger charge is 2.12. The molecule has 4 rings (SSSR count). The number of nitrogens with zero attached hydrogens (tertiary/aromatic N) is 3. The zero-order valence-electron chi connectivity index (χ0n) is 15.4. The van der Waals surface area contributed by atoms with Crippen LogP contribution in [0.2, 0.25) is 0 Å². The molecule has 0 unspecified atom stereocenters. The van der Waals surface area contributed by atoms with E-state index < -0.39 is 0 Å². The van der Waals surface area contributed by atoms with Gasteiger partial charge in [-0.15, -0.1) is 0 Å². The van der Waals surface area contributed by atoms with Crippen LogP contribution in [-0.2, 0) is 6.54 Å². The topological polar surface area (TPSA) is 49.0 Å². The van der Waals surface area contributed by atoms with Crippen molar-refractivity contribution in [2.24, 2.45) is 0 Å². The van der Waals surface area contributed by atoms with Crippen molar-refractivity contribution in [3.8, 4) is 11.4 Å². The molecule has 2 aromatic heterocycles. The van der Waals surface area contributed by atoms with Crippen LogP contribution in [0.25, 0.3) is 16.6 Å². The van der Waals surface area contributed by atoms with Gasteiger partial charge >= 0.3 is 0 Å². The average molecular weight is 359 g/mol. The summed E-state index contributed by atoms with van der Waals surface area (Å²) < 4.78 is 9.52. The summed E-state index contributed by atoms with van der Waals surface area (Å²) in [5, 5.41) is 1.19. The summed E-state index contributed by atoms with van der Waals surface area (Å²) in [5.41, 5.74) is 3.60. The zero-order chi connectivity index (χ0) is 18.8. The van der Waals surface area contributed by atoms with Crippen molar-refractivity contribution in [2.45, 2.75) is 19.9 Å². The maximum Gasteiger partial charge on any atom is 0.164 e. The van der Waals surface area contributed by atoms with E-state index in [1.807, 2.05) is 48.1 Å². The van der Waals surface area contributed by atoms with E-state index >= 15 is 0 Å². The number of hydrogen-bond acceptors (Lipinski definition) is 3. The maximum atomic E-state index is 12.7. The molecule has 0 radical (unpaired) electrons. The van der Waals surface area contributed by atoms with Crippen molar-refractivity contribution in [3.63, 3.8) is 0 Å². The number of Topliss-reactive ketones (excluding diaryl/α,β-unsaturated/α-hetero) is 1. The molecule has 0 saturated carbocycles. The predicted molar refractivity (Wildman–Crippen MR) is 106 cm³/mol. The largest absolute Gasteiger partial charge is 0.495 e. The van der Waals surface area contributed by atoms with E-state index in [0.29, 0.717) is 24.3 Å². The number of rotatable bonds is 6. The predicted octanol–water partition coefficient (Wildman–Crippen LogP) is 4.42. The number of aryl methyl sites for hydroxylation is 2. The minimum Gasteiger partial charge on any atom is -0.495 e. The number of benzene rings is 2. The molecule has 0 aliphatic rings. The van der Waals surface area contributed by atoms with Gasteiger partial charge in [0.2, 0.25) is 0 Å². The molecule has 27 heavy (non-hydrogen) atoms. The quantitative estimate of drug-likeness (QED) is 0.479. The summed E-state index contributed by atoms with van der Waals surface area (Å²) in [7, 11) is 1.61. The van der Waals surface area contributed by atoms with E-state index in [2.05, 4.69) is 27.8 Å². The van der Waals surface area contributed by atoms with Gasteiger partial charge in [-0.05, 0) is 42.6 Å². The van der Waals surface area contributed by atoms with Crippen LogP contribution in [0.5, 0.6) is 5.75 Å². The third kappa shape index (κ3) is 3.36. The Bertz CT molecular complexity index is 1110. The lowest BCUT2D eigenvalue weighted by atomic mass is 10.1. The first-order valence-electron chi connectivity index (χ1n) is 8.92. The molecule has 2 aromatic carbocycles. The first kappa shape index (κ1) is 17.1. The molecule has 5 heteroatoms. The number of carbonyl (C=O) groups excluding carboxylic acids is 1. The van der Waals surface area contributed by atoms with Crippen LogP contribution in [0, 0.1) is 6.92 Å². The summed E-state index contributed by atoms with van der Waals surface area (Å²) >= 11 is 0. The van der Waals surface area contributed by atoms with Crippen molar-refractivity contribution >= 4 is 16.7 Å². The summed E-state index contributed by atoms with van der Waals surface area (Å²) in [4.78, 5) is 17.0. The number of fused-ring (bicyclic) bond motifs is 1. The second-order valence-electron chi connectivity index (χ2n) is 6.55. The van der Waals surface area contributed by atoms with E-state index in [9.17, 15) is 4.79 Å². The number of carbonyl (C=O) groups is 1. The van der Waals surface area contributed by atoms with Crippen LogP contribution in [0.15, 0.2) is 67.3 Å². The summed E-state index contributed by atoms with van der Waals surface area (Å²) in [6, 6.07) is 15.8. The van der Waals surface area contributed by atoms with E-state index in [0.717, 1.165) is 16.9 Å². The lowest BCUT2D eigenvalue weighted by molar-refractivity contribution is 0.0977. The smallest absolute Gasteiger partial charge is 0.164 e. The molecule has 0 N–H and O–H groups in total. The van der Waals surface area contributed by atoms with Gasteiger partial charge in [0, 0.05) is 36.4 Å².